The Morgan fingerprint density at radius 3 is 1.48 bits per heavy atom. The number of halogens is 4. The number of aromatic amines is 2. The summed E-state index contributed by atoms with van der Waals surface area (Å²) in [5, 5.41) is 29.0. The summed E-state index contributed by atoms with van der Waals surface area (Å²) in [7, 11) is 0. The fraction of sp³-hybridized carbons (Fsp3) is 0.609. The maximum Gasteiger partial charge on any atom is 0.248 e. The van der Waals surface area contributed by atoms with Gasteiger partial charge in [-0.3, -0.25) is 9.59 Å². The van der Waals surface area contributed by atoms with E-state index < -0.39 is 94.3 Å². The van der Waals surface area contributed by atoms with Crippen LogP contribution in [-0.2, 0) is 9.59 Å². The van der Waals surface area contributed by atoms with E-state index in [1.165, 1.54) is 0 Å². The van der Waals surface area contributed by atoms with Crippen LogP contribution in [0.5, 0.6) is 0 Å². The quantitative estimate of drug-likeness (QED) is 0.0874. The fourth-order valence-electron chi connectivity index (χ4n) is 8.56. The molecule has 2 aromatic heterocycles. The minimum absolute atomic E-state index is 0.169. The van der Waals surface area contributed by atoms with Gasteiger partial charge >= 0.3 is 0 Å². The molecule has 2 aliphatic carbocycles. The van der Waals surface area contributed by atoms with Crippen LogP contribution in [0, 0.1) is 21.7 Å². The van der Waals surface area contributed by atoms with Crippen molar-refractivity contribution in [3.05, 3.63) is 60.3 Å². The van der Waals surface area contributed by atoms with Crippen molar-refractivity contribution < 1.29 is 37.4 Å². The van der Waals surface area contributed by atoms with Crippen LogP contribution < -0.4 is 10.6 Å². The Kier molecular flexibility index (Phi) is 11.5. The Balaban J connectivity index is 1.18. The number of rotatable bonds is 10. The summed E-state index contributed by atoms with van der Waals surface area (Å²) in [6, 6.07) is 12.6. The van der Waals surface area contributed by atoms with Gasteiger partial charge in [-0.15, -0.1) is 0 Å². The van der Waals surface area contributed by atoms with E-state index in [1.54, 1.807) is 33.9 Å². The van der Waals surface area contributed by atoms with Crippen molar-refractivity contribution in [2.75, 3.05) is 0 Å². The highest BCUT2D eigenvalue weighted by atomic mass is 19.3. The molecule has 0 bridgehead atoms. The van der Waals surface area contributed by atoms with Crippen molar-refractivity contribution in [1.29, 1.82) is 0 Å². The number of carbonyl (C=O) groups excluding carboxylic acids is 2. The van der Waals surface area contributed by atoms with Gasteiger partial charge in [0.2, 0.25) is 23.7 Å². The van der Waals surface area contributed by atoms with Crippen molar-refractivity contribution in [1.82, 2.24) is 30.6 Å². The van der Waals surface area contributed by atoms with Crippen LogP contribution in [0.2, 0.25) is 0 Å². The lowest BCUT2D eigenvalue weighted by atomic mass is 9.65. The van der Waals surface area contributed by atoms with E-state index in [0.717, 1.165) is 27.9 Å². The van der Waals surface area contributed by atoms with Gasteiger partial charge in [0.05, 0.1) is 57.0 Å². The highest BCUT2D eigenvalue weighted by Gasteiger charge is 2.55. The molecule has 2 atom stereocenters. The average Bonchev–Trinajstić information content (AvgIpc) is 3.81. The lowest BCUT2D eigenvalue weighted by Crippen LogP contribution is -2.57. The number of aliphatic hydroxyl groups is 2. The van der Waals surface area contributed by atoms with Crippen LogP contribution in [-0.4, -0.2) is 65.0 Å². The molecule has 2 aliphatic rings. The van der Waals surface area contributed by atoms with Gasteiger partial charge in [-0.05, 0) is 93.0 Å². The Morgan fingerprint density at radius 2 is 1.03 bits per heavy atom. The number of hydrogen-bond acceptors (Lipinski definition) is 6. The van der Waals surface area contributed by atoms with Crippen LogP contribution >= 0.6 is 0 Å². The standard InChI is InChI=1S/C46H62F4N6O4/c1-39(2,3)33(55-37(57)41(7,8)43(59)17-21-45(47,48)22-18-43)35-51-26-32(54-35)28-13-11-27(12-14-28)29-15-16-30-31(25-29)53-36(52-30)34(40(4,5)6)56-38(58)42(9,10)44(60)19-23-46(49,50)24-20-44/h11-16,25-26,33-34,59-60H,17-24H2,1-10H3,(H,51,54)(H,52,53)(H,55,57)(H,56,58)/t33-,34?/m1/s1. The normalized spacial score (nSPS) is 20.3. The van der Waals surface area contributed by atoms with Crippen LogP contribution in [0.25, 0.3) is 33.4 Å². The van der Waals surface area contributed by atoms with Crippen LogP contribution in [0.3, 0.4) is 0 Å². The molecule has 4 aromatic rings. The van der Waals surface area contributed by atoms with Gasteiger partial charge in [0.25, 0.3) is 0 Å². The molecule has 2 heterocycles. The lowest BCUT2D eigenvalue weighted by molar-refractivity contribution is -0.169. The summed E-state index contributed by atoms with van der Waals surface area (Å²) < 4.78 is 55.9. The second-order valence-corrected chi connectivity index (χ2v) is 20.7. The Hall–Kier alpha value is -4.30. The molecule has 14 heteroatoms. The van der Waals surface area contributed by atoms with Gasteiger partial charge in [-0.25, -0.2) is 27.5 Å². The molecule has 0 saturated heterocycles. The van der Waals surface area contributed by atoms with Gasteiger partial charge in [0.1, 0.15) is 11.6 Å². The Bertz CT molecular complexity index is 2190. The van der Waals surface area contributed by atoms with Crippen molar-refractivity contribution in [3.8, 4) is 22.4 Å². The van der Waals surface area contributed by atoms with Crippen LogP contribution in [0.1, 0.15) is 144 Å². The highest BCUT2D eigenvalue weighted by Crippen LogP contribution is 2.49. The smallest absolute Gasteiger partial charge is 0.248 e. The minimum Gasteiger partial charge on any atom is -0.389 e. The number of hydrogen-bond donors (Lipinski definition) is 6. The van der Waals surface area contributed by atoms with Gasteiger partial charge in [-0.1, -0.05) is 71.9 Å². The van der Waals surface area contributed by atoms with Crippen molar-refractivity contribution in [2.24, 2.45) is 21.7 Å². The minimum atomic E-state index is -2.85. The molecule has 6 N–H and O–H groups in total. The fourth-order valence-corrected chi connectivity index (χ4v) is 8.56. The topological polar surface area (TPSA) is 156 Å². The van der Waals surface area contributed by atoms with Crippen LogP contribution in [0.15, 0.2) is 48.7 Å². The molecule has 60 heavy (non-hydrogen) atoms. The number of alkyl halides is 4. The largest absolute Gasteiger partial charge is 0.389 e. The first-order valence-corrected chi connectivity index (χ1v) is 20.9. The molecule has 10 nitrogen and oxygen atoms in total. The predicted molar refractivity (Wildman–Crippen MR) is 224 cm³/mol. The number of amides is 2. The number of H-pyrrole nitrogens is 2. The summed E-state index contributed by atoms with van der Waals surface area (Å²) in [6.45, 7) is 18.2. The molecule has 0 aliphatic heterocycles. The van der Waals surface area contributed by atoms with E-state index in [-0.39, 0.29) is 25.7 Å². The number of nitrogens with one attached hydrogen (secondary N) is 4. The van der Waals surface area contributed by atoms with E-state index in [4.69, 9.17) is 4.98 Å². The summed E-state index contributed by atoms with van der Waals surface area (Å²) in [6.07, 6.45) is -0.848. The summed E-state index contributed by atoms with van der Waals surface area (Å²) in [4.78, 5) is 43.9. The van der Waals surface area contributed by atoms with E-state index in [0.29, 0.717) is 17.2 Å². The summed E-state index contributed by atoms with van der Waals surface area (Å²) >= 11 is 0. The third kappa shape index (κ3) is 8.87. The average molecular weight is 839 g/mol. The molecule has 2 aromatic carbocycles. The SMILES string of the molecule is CC(C)(C)C(NC(=O)C(C)(C)C1(O)CCC(F)(F)CC1)c1nc2ccc(-c3ccc(-c4cnc([C@@H](NC(=O)C(C)(C)C5(O)CCC(F)(F)CC5)C(C)(C)C)[nH]4)cc3)cc2[nH]1. The van der Waals surface area contributed by atoms with Gasteiger partial charge in [-0.2, -0.15) is 0 Å². The van der Waals surface area contributed by atoms with Gasteiger partial charge < -0.3 is 30.8 Å². The first-order valence-electron chi connectivity index (χ1n) is 20.9. The second-order valence-electron chi connectivity index (χ2n) is 20.7. The first kappa shape index (κ1) is 45.2. The first-order chi connectivity index (χ1) is 27.5. The van der Waals surface area contributed by atoms with Crippen molar-refractivity contribution in [2.45, 2.75) is 156 Å². The third-order valence-electron chi connectivity index (χ3n) is 13.5. The molecular weight excluding hydrogens is 777 g/mol. The lowest BCUT2D eigenvalue weighted by Gasteiger charge is -2.46. The molecule has 2 saturated carbocycles. The predicted octanol–water partition coefficient (Wildman–Crippen LogP) is 9.96. The van der Waals surface area contributed by atoms with E-state index in [1.807, 2.05) is 84.0 Å². The number of imidazole rings is 2. The molecule has 0 radical (unpaired) electrons. The number of nitrogens with zero attached hydrogens (tertiary/aromatic N) is 2. The zero-order chi connectivity index (χ0) is 44.5. The van der Waals surface area contributed by atoms with Gasteiger partial charge in [0.15, 0.2) is 0 Å². The molecular formula is C46H62F4N6O4. The van der Waals surface area contributed by atoms with Crippen molar-refractivity contribution in [3.63, 3.8) is 0 Å². The molecule has 0 spiro atoms. The zero-order valence-electron chi connectivity index (χ0n) is 36.5. The number of fused-ring (bicyclic) bond motifs is 1. The van der Waals surface area contributed by atoms with E-state index in [2.05, 4.69) is 25.6 Å². The highest BCUT2D eigenvalue weighted by molar-refractivity contribution is 5.85. The number of aromatic nitrogens is 4. The Morgan fingerprint density at radius 1 is 0.617 bits per heavy atom. The van der Waals surface area contributed by atoms with E-state index in [9.17, 15) is 37.4 Å². The van der Waals surface area contributed by atoms with E-state index >= 15 is 0 Å². The summed E-state index contributed by atoms with van der Waals surface area (Å²) in [5.74, 6) is -5.51. The zero-order valence-corrected chi connectivity index (χ0v) is 36.5. The number of carbonyl (C=O) groups is 2. The monoisotopic (exact) mass is 838 g/mol. The maximum atomic E-state index is 14.0. The molecule has 1 unspecified atom stereocenters. The summed E-state index contributed by atoms with van der Waals surface area (Å²) in [5.41, 5.74) is -1.89. The molecule has 2 fully saturated rings. The molecule has 2 amide bonds. The second kappa shape index (κ2) is 15.3. The molecule has 328 valence electrons. The van der Waals surface area contributed by atoms with Gasteiger partial charge in [0, 0.05) is 25.7 Å². The number of benzene rings is 2. The maximum absolute atomic E-state index is 14.0. The van der Waals surface area contributed by atoms with Crippen molar-refractivity contribution >= 4 is 22.8 Å². The van der Waals surface area contributed by atoms with Crippen LogP contribution in [0.4, 0.5) is 17.6 Å². The molecule has 6 rings (SSSR count). The third-order valence-corrected chi connectivity index (χ3v) is 13.5. The Labute approximate surface area is 350 Å².